The third-order valence-corrected chi connectivity index (χ3v) is 7.03. The zero-order chi connectivity index (χ0) is 33.1. The largest absolute Gasteiger partial charge is 0.480 e. The smallest absolute Gasteiger partial charge is 0.416 e. The van der Waals surface area contributed by atoms with Gasteiger partial charge in [0.05, 0.1) is 24.3 Å². The van der Waals surface area contributed by atoms with Crippen LogP contribution in [0.5, 0.6) is 0 Å². The van der Waals surface area contributed by atoms with Gasteiger partial charge in [-0.25, -0.2) is 14.6 Å². The Balaban J connectivity index is 1.28. The summed E-state index contributed by atoms with van der Waals surface area (Å²) in [5.41, 5.74) is -0.330. The molecule has 1 aromatic heterocycles. The summed E-state index contributed by atoms with van der Waals surface area (Å²) < 4.78 is 49.6. The number of pyridine rings is 1. The van der Waals surface area contributed by atoms with Gasteiger partial charge in [0.15, 0.2) is 0 Å². The number of carbonyl (C=O) groups is 4. The van der Waals surface area contributed by atoms with Crippen molar-refractivity contribution in [3.8, 4) is 0 Å². The molecule has 2 aromatic carbocycles. The fourth-order valence-electron chi connectivity index (χ4n) is 4.62. The summed E-state index contributed by atoms with van der Waals surface area (Å²) in [6, 6.07) is 15.9. The lowest BCUT2D eigenvalue weighted by molar-refractivity contribution is -0.139. The third kappa shape index (κ3) is 9.92. The van der Waals surface area contributed by atoms with Crippen molar-refractivity contribution >= 4 is 29.7 Å². The predicted molar refractivity (Wildman–Crippen MR) is 158 cm³/mol. The monoisotopic (exact) mass is 643 g/mol. The molecular formula is C31H32F3N5O7. The molecule has 0 unspecified atom stereocenters. The number of hydrogen-bond donors (Lipinski definition) is 4. The van der Waals surface area contributed by atoms with E-state index in [4.69, 9.17) is 9.47 Å². The third-order valence-electron chi connectivity index (χ3n) is 7.03. The Hall–Kier alpha value is -5.18. The number of aliphatic carboxylic acids is 1. The zero-order valence-corrected chi connectivity index (χ0v) is 24.4. The molecule has 1 fully saturated rings. The van der Waals surface area contributed by atoms with E-state index in [1.165, 1.54) is 4.90 Å². The molecule has 3 atom stereocenters. The van der Waals surface area contributed by atoms with Crippen LogP contribution in [0.25, 0.3) is 0 Å². The lowest BCUT2D eigenvalue weighted by atomic mass is 10.1. The van der Waals surface area contributed by atoms with E-state index in [2.05, 4.69) is 20.9 Å². The normalized spacial score (nSPS) is 16.7. The van der Waals surface area contributed by atoms with Crippen molar-refractivity contribution in [3.63, 3.8) is 0 Å². The van der Waals surface area contributed by atoms with Crippen molar-refractivity contribution in [2.24, 2.45) is 0 Å². The Bertz CT molecular complexity index is 1480. The molecule has 4 N–H and O–H groups in total. The highest BCUT2D eigenvalue weighted by molar-refractivity contribution is 5.96. The predicted octanol–water partition coefficient (Wildman–Crippen LogP) is 3.31. The van der Waals surface area contributed by atoms with Crippen molar-refractivity contribution in [3.05, 3.63) is 95.7 Å². The molecule has 0 spiro atoms. The number of amides is 3. The summed E-state index contributed by atoms with van der Waals surface area (Å²) in [7, 11) is 0. The second-order valence-electron chi connectivity index (χ2n) is 10.4. The molecule has 15 heteroatoms. The molecule has 4 rings (SSSR count). The minimum absolute atomic E-state index is 0.0740. The SMILES string of the molecule is O=C(CO[C@@H]1C[C@@H](CNc2ccccn2)N(C(=O)OCc2ccccc2)C1)NC[C@H](NC(=O)c1ccc(C(F)(F)F)cc1)C(=O)O. The summed E-state index contributed by atoms with van der Waals surface area (Å²) in [6.45, 7) is -0.427. The van der Waals surface area contributed by atoms with E-state index in [9.17, 15) is 37.5 Å². The van der Waals surface area contributed by atoms with Gasteiger partial charge in [0, 0.05) is 24.8 Å². The molecule has 3 amide bonds. The van der Waals surface area contributed by atoms with E-state index in [0.29, 0.717) is 30.9 Å². The van der Waals surface area contributed by atoms with Gasteiger partial charge in [-0.2, -0.15) is 13.2 Å². The van der Waals surface area contributed by atoms with Crippen LogP contribution >= 0.6 is 0 Å². The number of nitrogens with zero attached hydrogens (tertiary/aromatic N) is 2. The molecule has 12 nitrogen and oxygen atoms in total. The number of carboxylic acid groups (broad SMARTS) is 1. The number of anilines is 1. The first-order valence-corrected chi connectivity index (χ1v) is 14.2. The van der Waals surface area contributed by atoms with Crippen LogP contribution in [0.1, 0.15) is 27.9 Å². The number of carboxylic acids is 1. The lowest BCUT2D eigenvalue weighted by Gasteiger charge is -2.24. The number of rotatable bonds is 13. The summed E-state index contributed by atoms with van der Waals surface area (Å²) in [5.74, 6) is -2.46. The highest BCUT2D eigenvalue weighted by Gasteiger charge is 2.37. The van der Waals surface area contributed by atoms with E-state index in [1.54, 1.807) is 18.3 Å². The summed E-state index contributed by atoms with van der Waals surface area (Å²) in [5, 5.41) is 17.2. The molecule has 0 aliphatic carbocycles. The Kier molecular flexibility index (Phi) is 11.5. The first kappa shape index (κ1) is 33.7. The van der Waals surface area contributed by atoms with E-state index in [1.807, 2.05) is 36.4 Å². The number of nitrogens with one attached hydrogen (secondary N) is 3. The molecule has 1 aliphatic rings. The maximum Gasteiger partial charge on any atom is 0.416 e. The number of hydrogen-bond acceptors (Lipinski definition) is 8. The minimum atomic E-state index is -4.59. The van der Waals surface area contributed by atoms with Crippen molar-refractivity contribution in [2.45, 2.75) is 37.4 Å². The van der Waals surface area contributed by atoms with Crippen molar-refractivity contribution < 1.29 is 46.9 Å². The number of likely N-dealkylation sites (tertiary alicyclic amines) is 1. The lowest BCUT2D eigenvalue weighted by Crippen LogP contribution is -2.49. The summed E-state index contributed by atoms with van der Waals surface area (Å²) in [4.78, 5) is 55.3. The number of ether oxygens (including phenoxy) is 2. The standard InChI is InChI=1S/C31H32F3N5O7/c32-31(33,34)22-11-9-21(10-12-22)28(41)38-25(29(42)43)16-37-27(40)19-45-24-14-23(15-36-26-8-4-5-13-35-26)39(17-24)30(44)46-18-20-6-2-1-3-7-20/h1-13,23-25H,14-19H2,(H,35,36)(H,37,40)(H,38,41)(H,42,43)/t23-,24+,25-/m0/s1. The minimum Gasteiger partial charge on any atom is -0.480 e. The number of alkyl halides is 3. The van der Waals surface area contributed by atoms with Gasteiger partial charge in [0.1, 0.15) is 25.1 Å². The second kappa shape index (κ2) is 15.7. The van der Waals surface area contributed by atoms with Gasteiger partial charge in [-0.05, 0) is 48.4 Å². The topological polar surface area (TPSA) is 159 Å². The molecule has 3 aromatic rings. The van der Waals surface area contributed by atoms with Crippen molar-refractivity contribution in [1.29, 1.82) is 0 Å². The maximum atomic E-state index is 13.0. The van der Waals surface area contributed by atoms with Crippen LogP contribution in [0.15, 0.2) is 79.0 Å². The maximum absolute atomic E-state index is 13.0. The van der Waals surface area contributed by atoms with Gasteiger partial charge in [-0.1, -0.05) is 36.4 Å². The number of aromatic nitrogens is 1. The van der Waals surface area contributed by atoms with Crippen LogP contribution in [0.4, 0.5) is 23.8 Å². The van der Waals surface area contributed by atoms with Gasteiger partial charge < -0.3 is 35.4 Å². The first-order valence-electron chi connectivity index (χ1n) is 14.2. The average molecular weight is 644 g/mol. The van der Waals surface area contributed by atoms with Gasteiger partial charge >= 0.3 is 18.2 Å². The van der Waals surface area contributed by atoms with Crippen LogP contribution in [-0.2, 0) is 31.8 Å². The highest BCUT2D eigenvalue weighted by Crippen LogP contribution is 2.29. The van der Waals surface area contributed by atoms with Crippen LogP contribution in [0, 0.1) is 0 Å². The van der Waals surface area contributed by atoms with E-state index >= 15 is 0 Å². The first-order chi connectivity index (χ1) is 22.0. The van der Waals surface area contributed by atoms with Gasteiger partial charge in [-0.15, -0.1) is 0 Å². The van der Waals surface area contributed by atoms with Crippen LogP contribution in [-0.4, -0.2) is 83.3 Å². The molecule has 0 radical (unpaired) electrons. The van der Waals surface area contributed by atoms with Crippen molar-refractivity contribution in [2.75, 3.05) is 31.6 Å². The molecule has 1 saturated heterocycles. The Labute approximate surface area is 261 Å². The summed E-state index contributed by atoms with van der Waals surface area (Å²) >= 11 is 0. The highest BCUT2D eigenvalue weighted by atomic mass is 19.4. The molecule has 46 heavy (non-hydrogen) atoms. The van der Waals surface area contributed by atoms with Gasteiger partial charge in [0.25, 0.3) is 5.91 Å². The van der Waals surface area contributed by atoms with Gasteiger partial charge in [0.2, 0.25) is 5.91 Å². The van der Waals surface area contributed by atoms with Crippen LogP contribution < -0.4 is 16.0 Å². The van der Waals surface area contributed by atoms with Crippen LogP contribution in [0.2, 0.25) is 0 Å². The molecule has 1 aliphatic heterocycles. The Morgan fingerprint density at radius 1 is 1.00 bits per heavy atom. The fraction of sp³-hybridized carbons (Fsp3) is 0.323. The van der Waals surface area contributed by atoms with Gasteiger partial charge in [-0.3, -0.25) is 9.59 Å². The number of halogens is 3. The fourth-order valence-corrected chi connectivity index (χ4v) is 4.62. The Morgan fingerprint density at radius 2 is 1.72 bits per heavy atom. The number of carbonyl (C=O) groups excluding carboxylic acids is 3. The quantitative estimate of drug-likeness (QED) is 0.219. The van der Waals surface area contributed by atoms with E-state index in [0.717, 1.165) is 17.7 Å². The Morgan fingerprint density at radius 3 is 2.37 bits per heavy atom. The zero-order valence-electron chi connectivity index (χ0n) is 24.4. The molecule has 244 valence electrons. The molecule has 0 saturated carbocycles. The molecule has 2 heterocycles. The second-order valence-corrected chi connectivity index (χ2v) is 10.4. The van der Waals surface area contributed by atoms with E-state index < -0.39 is 60.9 Å². The van der Waals surface area contributed by atoms with Crippen LogP contribution in [0.3, 0.4) is 0 Å². The average Bonchev–Trinajstić information content (AvgIpc) is 3.47. The number of benzene rings is 2. The molecular weight excluding hydrogens is 611 g/mol. The van der Waals surface area contributed by atoms with Crippen molar-refractivity contribution in [1.82, 2.24) is 20.5 Å². The van der Waals surface area contributed by atoms with E-state index in [-0.39, 0.29) is 24.8 Å². The molecule has 0 bridgehead atoms. The summed E-state index contributed by atoms with van der Waals surface area (Å²) in [6.07, 6.45) is -3.69.